The number of hydrogen-bond acceptors (Lipinski definition) is 12. The molecule has 5 rings (SSSR count). The number of ether oxygens (including phenoxy) is 3. The van der Waals surface area contributed by atoms with Gasteiger partial charge in [-0.05, 0) is 51.7 Å². The Morgan fingerprint density at radius 3 is 2.55 bits per heavy atom. The zero-order valence-corrected chi connectivity index (χ0v) is 27.5. The van der Waals surface area contributed by atoms with Crippen molar-refractivity contribution in [2.24, 2.45) is 5.92 Å². The van der Waals surface area contributed by atoms with Crippen LogP contribution in [0.4, 0.5) is 14.5 Å². The van der Waals surface area contributed by atoms with Crippen molar-refractivity contribution in [1.82, 2.24) is 29.5 Å². The van der Waals surface area contributed by atoms with E-state index in [1.165, 1.54) is 29.4 Å². The summed E-state index contributed by atoms with van der Waals surface area (Å²) in [5, 5.41) is 22.5. The van der Waals surface area contributed by atoms with E-state index in [0.717, 1.165) is 56.1 Å². The molecular formula is C31H33F2N7O8S. The first-order valence-corrected chi connectivity index (χ1v) is 16.2. The first-order valence-electron chi connectivity index (χ1n) is 15.3. The van der Waals surface area contributed by atoms with Crippen molar-refractivity contribution in [1.29, 1.82) is 0 Å². The summed E-state index contributed by atoms with van der Waals surface area (Å²) in [4.78, 5) is 56.6. The molecule has 1 aliphatic rings. The van der Waals surface area contributed by atoms with Crippen LogP contribution in [0.25, 0.3) is 22.0 Å². The maximum absolute atomic E-state index is 14.8. The number of esters is 2. The molecule has 0 saturated heterocycles. The van der Waals surface area contributed by atoms with Gasteiger partial charge in [-0.25, -0.2) is 23.8 Å². The van der Waals surface area contributed by atoms with Crippen LogP contribution in [0.5, 0.6) is 0 Å². The van der Waals surface area contributed by atoms with Gasteiger partial charge < -0.3 is 24.6 Å². The average molecular weight is 702 g/mol. The summed E-state index contributed by atoms with van der Waals surface area (Å²) in [6, 6.07) is 1.79. The van der Waals surface area contributed by atoms with E-state index in [0.29, 0.717) is 17.2 Å². The van der Waals surface area contributed by atoms with Gasteiger partial charge in [0.25, 0.3) is 5.91 Å². The molecule has 2 N–H and O–H groups in total. The lowest BCUT2D eigenvalue weighted by molar-refractivity contribution is -0.177. The topological polar surface area (TPSA) is 190 Å². The van der Waals surface area contributed by atoms with Gasteiger partial charge >= 0.3 is 17.9 Å². The van der Waals surface area contributed by atoms with Crippen molar-refractivity contribution < 1.29 is 47.3 Å². The number of aliphatic carboxylic acids is 1. The molecule has 1 aliphatic carbocycles. The highest BCUT2D eigenvalue weighted by Gasteiger charge is 2.34. The number of thiazole rings is 1. The molecule has 1 amide bonds. The number of nitrogens with zero attached hydrogens (tertiary/aromatic N) is 6. The molecule has 0 bridgehead atoms. The van der Waals surface area contributed by atoms with Crippen LogP contribution >= 0.6 is 11.3 Å². The number of halogens is 2. The number of aromatic nitrogens is 6. The van der Waals surface area contributed by atoms with Crippen LogP contribution in [0.3, 0.4) is 0 Å². The zero-order valence-electron chi connectivity index (χ0n) is 26.7. The minimum absolute atomic E-state index is 0.0228. The second kappa shape index (κ2) is 15.4. The highest BCUT2D eigenvalue weighted by atomic mass is 32.1. The molecule has 2 atom stereocenters. The van der Waals surface area contributed by atoms with Gasteiger partial charge in [-0.15, -0.1) is 11.3 Å². The largest absolute Gasteiger partial charge is 0.481 e. The molecule has 18 heteroatoms. The van der Waals surface area contributed by atoms with Crippen LogP contribution in [0.2, 0.25) is 0 Å². The molecule has 15 nitrogen and oxygen atoms in total. The number of carboxylic acids is 1. The Kier molecular flexibility index (Phi) is 11.1. The first kappa shape index (κ1) is 35.2. The molecule has 4 aromatic heterocycles. The van der Waals surface area contributed by atoms with Gasteiger partial charge in [-0.2, -0.15) is 14.6 Å². The van der Waals surface area contributed by atoms with Crippen molar-refractivity contribution in [3.05, 3.63) is 53.6 Å². The fraction of sp³-hybridized carbons (Fsp3) is 0.419. The summed E-state index contributed by atoms with van der Waals surface area (Å²) in [5.74, 6) is -6.95. The van der Waals surface area contributed by atoms with Gasteiger partial charge in [-0.3, -0.25) is 19.1 Å². The summed E-state index contributed by atoms with van der Waals surface area (Å²) in [5.41, 5.74) is 0.243. The van der Waals surface area contributed by atoms with E-state index in [-0.39, 0.29) is 34.9 Å². The molecule has 0 aromatic carbocycles. The molecule has 0 unspecified atom stereocenters. The van der Waals surface area contributed by atoms with Crippen LogP contribution in [0, 0.1) is 17.7 Å². The van der Waals surface area contributed by atoms with E-state index >= 15 is 0 Å². The monoisotopic (exact) mass is 701 g/mol. The number of anilines is 1. The number of pyridine rings is 1. The van der Waals surface area contributed by atoms with Gasteiger partial charge in [0.1, 0.15) is 28.0 Å². The smallest absolute Gasteiger partial charge is 0.350 e. The summed E-state index contributed by atoms with van der Waals surface area (Å²) in [6.45, 7) is 4.38. The predicted molar refractivity (Wildman–Crippen MR) is 168 cm³/mol. The lowest BCUT2D eigenvalue weighted by Crippen LogP contribution is -2.38. The lowest BCUT2D eigenvalue weighted by Gasteiger charge is -2.28. The van der Waals surface area contributed by atoms with Gasteiger partial charge in [0.05, 0.1) is 24.0 Å². The molecular weight excluding hydrogens is 668 g/mol. The second-order valence-corrected chi connectivity index (χ2v) is 12.1. The Bertz CT molecular complexity index is 1840. The van der Waals surface area contributed by atoms with E-state index in [2.05, 4.69) is 25.5 Å². The van der Waals surface area contributed by atoms with E-state index in [9.17, 15) is 33.1 Å². The highest BCUT2D eigenvalue weighted by Crippen LogP contribution is 2.35. The van der Waals surface area contributed by atoms with Crippen molar-refractivity contribution in [2.75, 3.05) is 11.9 Å². The average Bonchev–Trinajstić information content (AvgIpc) is 3.84. The van der Waals surface area contributed by atoms with Crippen molar-refractivity contribution in [3.8, 4) is 22.0 Å². The number of carbonyl (C=O) groups is 4. The minimum atomic E-state index is -1.65. The Labute approximate surface area is 282 Å². The quantitative estimate of drug-likeness (QED) is 0.147. The number of amides is 1. The standard InChI is InChI=1S/C31H33F2N7O8S/c1-4-46-20-7-5-19(6-8-20)40-13-22(26(38-40)25-21(32)9-10-24(33)37-25)35-28(42)23-14-49-29(36-23)18-11-34-39(12-18)15-47-31(45)27(48-17(3)41)16(2)30(43)44/h9-14,16,19-20,27H,4-8,15H2,1-3H3,(H,35,42)(H,43,44)/t16-,19-,20-,27+/m0/s1. The van der Waals surface area contributed by atoms with Crippen molar-refractivity contribution in [2.45, 2.75) is 71.4 Å². The van der Waals surface area contributed by atoms with Crippen LogP contribution in [0.1, 0.15) is 63.0 Å². The van der Waals surface area contributed by atoms with Gasteiger partial charge in [0.15, 0.2) is 12.5 Å². The maximum Gasteiger partial charge on any atom is 0.350 e. The third-order valence-corrected chi connectivity index (χ3v) is 8.65. The fourth-order valence-electron chi connectivity index (χ4n) is 5.26. The summed E-state index contributed by atoms with van der Waals surface area (Å²) in [7, 11) is 0. The normalized spacial score (nSPS) is 17.2. The van der Waals surface area contributed by atoms with Crippen molar-refractivity contribution in [3.63, 3.8) is 0 Å². The maximum atomic E-state index is 14.8. The molecule has 49 heavy (non-hydrogen) atoms. The van der Waals surface area contributed by atoms with Gasteiger partial charge in [0.2, 0.25) is 12.1 Å². The number of carbonyl (C=O) groups excluding carboxylic acids is 3. The number of hydrogen-bond donors (Lipinski definition) is 2. The third kappa shape index (κ3) is 8.50. The summed E-state index contributed by atoms with van der Waals surface area (Å²) in [6.07, 6.45) is 6.07. The Morgan fingerprint density at radius 1 is 1.10 bits per heavy atom. The van der Waals surface area contributed by atoms with Crippen LogP contribution in [-0.2, 0) is 35.3 Å². The molecule has 0 aliphatic heterocycles. The summed E-state index contributed by atoms with van der Waals surface area (Å²) < 4.78 is 47.5. The highest BCUT2D eigenvalue weighted by molar-refractivity contribution is 7.13. The molecule has 1 fully saturated rings. The Balaban J connectivity index is 1.29. The SMILES string of the molecule is CCO[C@H]1CC[C@H](n2cc(NC(=O)c3csc(-c4cnn(COC(=O)[C@H](OC(C)=O)[C@H](C)C(=O)O)c4)n3)c(-c3nc(F)ccc3F)n2)CC1. The van der Waals surface area contributed by atoms with E-state index in [1.54, 1.807) is 10.9 Å². The van der Waals surface area contributed by atoms with E-state index in [1.807, 2.05) is 6.92 Å². The lowest BCUT2D eigenvalue weighted by atomic mass is 9.93. The first-order chi connectivity index (χ1) is 23.4. The van der Waals surface area contributed by atoms with E-state index < -0.39 is 54.3 Å². The van der Waals surface area contributed by atoms with Crippen molar-refractivity contribution >= 4 is 40.8 Å². The minimum Gasteiger partial charge on any atom is -0.481 e. The fourth-order valence-corrected chi connectivity index (χ4v) is 6.03. The van der Waals surface area contributed by atoms with Crippen LogP contribution in [-0.4, -0.2) is 77.3 Å². The van der Waals surface area contributed by atoms with Crippen LogP contribution < -0.4 is 5.32 Å². The predicted octanol–water partition coefficient (Wildman–Crippen LogP) is 4.47. The van der Waals surface area contributed by atoms with Gasteiger partial charge in [0, 0.05) is 36.9 Å². The zero-order chi connectivity index (χ0) is 35.2. The number of rotatable bonds is 13. The second-order valence-electron chi connectivity index (χ2n) is 11.2. The molecule has 4 aromatic rings. The molecule has 0 spiro atoms. The molecule has 260 valence electrons. The summed E-state index contributed by atoms with van der Waals surface area (Å²) >= 11 is 1.12. The Morgan fingerprint density at radius 2 is 1.86 bits per heavy atom. The molecule has 0 radical (unpaired) electrons. The number of nitrogens with one attached hydrogen (secondary N) is 1. The third-order valence-electron chi connectivity index (χ3n) is 7.76. The Hall–Kier alpha value is -5.10. The van der Waals surface area contributed by atoms with E-state index in [4.69, 9.17) is 14.2 Å². The molecule has 4 heterocycles. The van der Waals surface area contributed by atoms with Gasteiger partial charge in [-0.1, -0.05) is 0 Å². The van der Waals surface area contributed by atoms with Crippen LogP contribution in [0.15, 0.2) is 36.1 Å². The number of carboxylic acid groups (broad SMARTS) is 1. The molecule has 1 saturated carbocycles.